The number of carbonyl (C=O) groups is 2. The molecule has 144 valence electrons. The summed E-state index contributed by atoms with van der Waals surface area (Å²) in [5.74, 6) is -0.972. The van der Waals surface area contributed by atoms with Gasteiger partial charge in [0.1, 0.15) is 0 Å². The van der Waals surface area contributed by atoms with Crippen LogP contribution in [0.1, 0.15) is 24.4 Å². The standard InChI is InChI=1S/C23H22ClNO3/c1-28-23(27)19-10-6-5-9-18(19)20-21(15-11-13-16(24)14-12-15)25(22(20)26)17-7-3-2-4-8-17/h2-5,7-9,11-14,18-21H,6,10H2,1H3/t18-,19-,20-,21-/m1/s1. The third-order valence-electron chi connectivity index (χ3n) is 5.77. The maximum atomic E-state index is 13.3. The zero-order valence-electron chi connectivity index (χ0n) is 15.6. The van der Waals surface area contributed by atoms with Gasteiger partial charge in [-0.1, -0.05) is 54.1 Å². The predicted molar refractivity (Wildman–Crippen MR) is 109 cm³/mol. The molecule has 0 bridgehead atoms. The molecular formula is C23H22ClNO3. The second-order valence-electron chi connectivity index (χ2n) is 7.28. The largest absolute Gasteiger partial charge is 0.469 e. The van der Waals surface area contributed by atoms with E-state index >= 15 is 0 Å². The van der Waals surface area contributed by atoms with Gasteiger partial charge in [0, 0.05) is 16.6 Å². The molecule has 5 heteroatoms. The van der Waals surface area contributed by atoms with E-state index in [2.05, 4.69) is 6.08 Å². The molecule has 28 heavy (non-hydrogen) atoms. The maximum absolute atomic E-state index is 13.3. The number of esters is 1. The highest BCUT2D eigenvalue weighted by molar-refractivity contribution is 6.30. The Bertz CT molecular complexity index is 894. The first-order valence-electron chi connectivity index (χ1n) is 9.50. The molecule has 1 fully saturated rings. The molecule has 4 atom stereocenters. The molecule has 2 aliphatic rings. The van der Waals surface area contributed by atoms with E-state index < -0.39 is 0 Å². The first-order valence-corrected chi connectivity index (χ1v) is 9.87. The minimum Gasteiger partial charge on any atom is -0.469 e. The molecule has 4 nitrogen and oxygen atoms in total. The van der Waals surface area contributed by atoms with Crippen molar-refractivity contribution in [3.8, 4) is 0 Å². The number of rotatable bonds is 4. The van der Waals surface area contributed by atoms with Crippen LogP contribution in [0.25, 0.3) is 0 Å². The van der Waals surface area contributed by atoms with Crippen molar-refractivity contribution in [1.82, 2.24) is 0 Å². The van der Waals surface area contributed by atoms with Crippen LogP contribution in [-0.2, 0) is 14.3 Å². The molecule has 1 aliphatic carbocycles. The van der Waals surface area contributed by atoms with Crippen molar-refractivity contribution in [2.45, 2.75) is 18.9 Å². The number of hydrogen-bond donors (Lipinski definition) is 0. The van der Waals surface area contributed by atoms with Crippen LogP contribution >= 0.6 is 11.6 Å². The SMILES string of the molecule is COC(=O)[C@@H]1CCC=C[C@H]1[C@H]1C(=O)N(c2ccccc2)[C@@H]1c1ccc(Cl)cc1. The fourth-order valence-corrected chi connectivity index (χ4v) is 4.56. The average Bonchev–Trinajstić information content (AvgIpc) is 2.73. The van der Waals surface area contributed by atoms with Crippen LogP contribution in [-0.4, -0.2) is 19.0 Å². The summed E-state index contributed by atoms with van der Waals surface area (Å²) in [6.45, 7) is 0. The van der Waals surface area contributed by atoms with Gasteiger partial charge in [0.2, 0.25) is 5.91 Å². The lowest BCUT2D eigenvalue weighted by atomic mass is 9.67. The van der Waals surface area contributed by atoms with Gasteiger partial charge in [-0.2, -0.15) is 0 Å². The second kappa shape index (κ2) is 7.80. The predicted octanol–water partition coefficient (Wildman–Crippen LogP) is 4.80. The van der Waals surface area contributed by atoms with Crippen LogP contribution in [0.2, 0.25) is 5.02 Å². The number of allylic oxidation sites excluding steroid dienone is 2. The molecule has 4 rings (SSSR count). The van der Waals surface area contributed by atoms with E-state index in [0.717, 1.165) is 17.7 Å². The van der Waals surface area contributed by atoms with E-state index in [4.69, 9.17) is 16.3 Å². The Morgan fingerprint density at radius 2 is 1.82 bits per heavy atom. The Morgan fingerprint density at radius 1 is 1.11 bits per heavy atom. The molecule has 0 unspecified atom stereocenters. The fraction of sp³-hybridized carbons (Fsp3) is 0.304. The van der Waals surface area contributed by atoms with Gasteiger partial charge in [-0.05, 0) is 42.7 Å². The Labute approximate surface area is 169 Å². The van der Waals surface area contributed by atoms with Crippen LogP contribution in [0.15, 0.2) is 66.7 Å². The number of para-hydroxylation sites is 1. The Hall–Kier alpha value is -2.59. The topological polar surface area (TPSA) is 46.6 Å². The number of β-lactam (4-membered cyclic amide) rings is 1. The summed E-state index contributed by atoms with van der Waals surface area (Å²) in [7, 11) is 1.41. The molecule has 0 spiro atoms. The van der Waals surface area contributed by atoms with Crippen LogP contribution in [0.3, 0.4) is 0 Å². The van der Waals surface area contributed by atoms with Crippen molar-refractivity contribution in [3.63, 3.8) is 0 Å². The lowest BCUT2D eigenvalue weighted by Gasteiger charge is -2.51. The number of hydrogen-bond acceptors (Lipinski definition) is 3. The summed E-state index contributed by atoms with van der Waals surface area (Å²) in [6.07, 6.45) is 5.63. The van der Waals surface area contributed by atoms with Gasteiger partial charge in [-0.3, -0.25) is 9.59 Å². The van der Waals surface area contributed by atoms with Gasteiger partial charge < -0.3 is 9.64 Å². The van der Waals surface area contributed by atoms with E-state index in [-0.39, 0.29) is 35.7 Å². The summed E-state index contributed by atoms with van der Waals surface area (Å²) in [5, 5.41) is 0.655. The second-order valence-corrected chi connectivity index (χ2v) is 7.71. The average molecular weight is 396 g/mol. The molecule has 0 aromatic heterocycles. The van der Waals surface area contributed by atoms with E-state index in [0.29, 0.717) is 11.4 Å². The monoisotopic (exact) mass is 395 g/mol. The molecule has 2 aromatic rings. The van der Waals surface area contributed by atoms with Crippen molar-refractivity contribution >= 4 is 29.2 Å². The molecule has 0 N–H and O–H groups in total. The molecule has 1 aliphatic heterocycles. The highest BCUT2D eigenvalue weighted by Crippen LogP contribution is 2.50. The van der Waals surface area contributed by atoms with Crippen molar-refractivity contribution in [2.24, 2.45) is 17.8 Å². The highest BCUT2D eigenvalue weighted by atomic mass is 35.5. The number of methoxy groups -OCH3 is 1. The minimum absolute atomic E-state index is 0.0385. The summed E-state index contributed by atoms with van der Waals surface area (Å²) >= 11 is 6.08. The zero-order chi connectivity index (χ0) is 19.7. The molecule has 0 saturated carbocycles. The summed E-state index contributed by atoms with van der Waals surface area (Å²) < 4.78 is 5.03. The molecule has 1 heterocycles. The van der Waals surface area contributed by atoms with Gasteiger partial charge in [-0.15, -0.1) is 0 Å². The first-order chi connectivity index (χ1) is 13.6. The van der Waals surface area contributed by atoms with Gasteiger partial charge in [-0.25, -0.2) is 0 Å². The smallest absolute Gasteiger partial charge is 0.309 e. The van der Waals surface area contributed by atoms with E-state index in [1.165, 1.54) is 7.11 Å². The lowest BCUT2D eigenvalue weighted by molar-refractivity contribution is -0.149. The lowest BCUT2D eigenvalue weighted by Crippen LogP contribution is -2.59. The van der Waals surface area contributed by atoms with E-state index in [9.17, 15) is 9.59 Å². The summed E-state index contributed by atoms with van der Waals surface area (Å²) in [4.78, 5) is 27.5. The Kier molecular flexibility index (Phi) is 5.23. The van der Waals surface area contributed by atoms with E-state index in [1.807, 2.05) is 65.6 Å². The third kappa shape index (κ3) is 3.22. The molecule has 0 radical (unpaired) electrons. The van der Waals surface area contributed by atoms with Crippen LogP contribution < -0.4 is 4.90 Å². The number of amides is 1. The number of ether oxygens (including phenoxy) is 1. The molecule has 1 saturated heterocycles. The Balaban J connectivity index is 1.74. The van der Waals surface area contributed by atoms with Crippen molar-refractivity contribution in [2.75, 3.05) is 12.0 Å². The van der Waals surface area contributed by atoms with Gasteiger partial charge >= 0.3 is 5.97 Å². The number of halogens is 1. The normalized spacial score (nSPS) is 26.6. The number of benzene rings is 2. The minimum atomic E-state index is -0.304. The molecular weight excluding hydrogens is 374 g/mol. The quantitative estimate of drug-likeness (QED) is 0.424. The summed E-state index contributed by atoms with van der Waals surface area (Å²) in [5.41, 5.74) is 1.87. The van der Waals surface area contributed by atoms with E-state index in [1.54, 1.807) is 0 Å². The molecule has 1 amide bonds. The van der Waals surface area contributed by atoms with Crippen molar-refractivity contribution in [3.05, 3.63) is 77.3 Å². The highest BCUT2D eigenvalue weighted by Gasteiger charge is 2.54. The first kappa shape index (κ1) is 18.8. The maximum Gasteiger partial charge on any atom is 0.309 e. The summed E-state index contributed by atoms with van der Waals surface area (Å²) in [6, 6.07) is 17.1. The zero-order valence-corrected chi connectivity index (χ0v) is 16.4. The number of carbonyl (C=O) groups excluding carboxylic acids is 2. The molecule has 2 aromatic carbocycles. The van der Waals surface area contributed by atoms with Gasteiger partial charge in [0.05, 0.1) is 25.0 Å². The van der Waals surface area contributed by atoms with Gasteiger partial charge in [0.15, 0.2) is 0 Å². The third-order valence-corrected chi connectivity index (χ3v) is 6.02. The number of nitrogens with zero attached hydrogens (tertiary/aromatic N) is 1. The van der Waals surface area contributed by atoms with Crippen LogP contribution in [0, 0.1) is 17.8 Å². The Morgan fingerprint density at radius 3 is 2.50 bits per heavy atom. The number of anilines is 1. The van der Waals surface area contributed by atoms with Crippen molar-refractivity contribution in [1.29, 1.82) is 0 Å². The van der Waals surface area contributed by atoms with Crippen LogP contribution in [0.5, 0.6) is 0 Å². The van der Waals surface area contributed by atoms with Gasteiger partial charge in [0.25, 0.3) is 0 Å². The van der Waals surface area contributed by atoms with Crippen molar-refractivity contribution < 1.29 is 14.3 Å². The fourth-order valence-electron chi connectivity index (χ4n) is 4.43. The van der Waals surface area contributed by atoms with Crippen LogP contribution in [0.4, 0.5) is 5.69 Å².